The third kappa shape index (κ3) is 8.78. The summed E-state index contributed by atoms with van der Waals surface area (Å²) < 4.78 is 34.4. The monoisotopic (exact) mass is 667 g/mol. The second-order valence-electron chi connectivity index (χ2n) is 10.6. The first kappa shape index (κ1) is 33.8. The highest BCUT2D eigenvalue weighted by Crippen LogP contribution is 2.28. The second-order valence-corrected chi connectivity index (χ2v) is 13.4. The number of nitrogens with one attached hydrogen (secondary N) is 1. The molecule has 1 unspecified atom stereocenters. The van der Waals surface area contributed by atoms with Crippen molar-refractivity contribution in [3.8, 4) is 5.75 Å². The van der Waals surface area contributed by atoms with Gasteiger partial charge >= 0.3 is 0 Å². The molecule has 0 aliphatic heterocycles. The number of methoxy groups -OCH3 is 1. The smallest absolute Gasteiger partial charge is 0.264 e. The van der Waals surface area contributed by atoms with E-state index in [-0.39, 0.29) is 35.5 Å². The molecule has 4 rings (SSSR count). The minimum atomic E-state index is -4.26. The lowest BCUT2D eigenvalue weighted by Gasteiger charge is -2.34. The number of sulfonamides is 1. The summed E-state index contributed by atoms with van der Waals surface area (Å²) in [5.74, 6) is -0.485. The molecule has 0 saturated heterocycles. The molecule has 0 bridgehead atoms. The van der Waals surface area contributed by atoms with Crippen LogP contribution in [0.25, 0.3) is 0 Å². The third-order valence-electron chi connectivity index (χ3n) is 7.04. The predicted molar refractivity (Wildman–Crippen MR) is 178 cm³/mol. The SMILES string of the molecule is COc1ccc(S(=O)(=O)N(CC(=O)N(Cc2ccccc2Cl)C(Cc2ccccc2)C(=O)NC(C)C)c2ccc(Cl)cc2)cc1. The van der Waals surface area contributed by atoms with Gasteiger partial charge in [-0.2, -0.15) is 0 Å². The van der Waals surface area contributed by atoms with E-state index in [0.29, 0.717) is 21.4 Å². The van der Waals surface area contributed by atoms with Gasteiger partial charge in [0.15, 0.2) is 0 Å². The Labute approximate surface area is 274 Å². The standard InChI is InChI=1S/C34H35Cl2N3O5S/c1-24(2)37-34(41)32(21-25-9-5-4-6-10-25)38(22-26-11-7-8-12-31(26)36)33(40)23-39(28-15-13-27(35)14-16-28)45(42,43)30-19-17-29(44-3)18-20-30/h4-20,24,32H,21-23H2,1-3H3,(H,37,41). The number of benzene rings is 4. The van der Waals surface area contributed by atoms with Gasteiger partial charge in [-0.1, -0.05) is 71.7 Å². The molecule has 0 aliphatic rings. The lowest BCUT2D eigenvalue weighted by Crippen LogP contribution is -2.54. The van der Waals surface area contributed by atoms with Gasteiger partial charge in [0.05, 0.1) is 17.7 Å². The number of nitrogens with zero attached hydrogens (tertiary/aromatic N) is 2. The van der Waals surface area contributed by atoms with Crippen LogP contribution in [0.4, 0.5) is 5.69 Å². The maximum Gasteiger partial charge on any atom is 0.264 e. The molecule has 236 valence electrons. The second kappa shape index (κ2) is 15.3. The zero-order chi connectivity index (χ0) is 32.6. The van der Waals surface area contributed by atoms with E-state index in [2.05, 4.69) is 5.32 Å². The molecule has 2 amide bonds. The Morgan fingerprint density at radius 1 is 0.844 bits per heavy atom. The highest BCUT2D eigenvalue weighted by Gasteiger charge is 2.35. The van der Waals surface area contributed by atoms with Crippen molar-refractivity contribution >= 4 is 50.7 Å². The number of hydrogen-bond acceptors (Lipinski definition) is 5. The van der Waals surface area contributed by atoms with E-state index in [9.17, 15) is 18.0 Å². The Morgan fingerprint density at radius 2 is 1.47 bits per heavy atom. The Hall–Kier alpha value is -4.05. The topological polar surface area (TPSA) is 96.0 Å². The minimum absolute atomic E-state index is 0.0292. The molecule has 0 heterocycles. The molecular weight excluding hydrogens is 633 g/mol. The lowest BCUT2D eigenvalue weighted by atomic mass is 10.0. The number of halogens is 2. The highest BCUT2D eigenvalue weighted by atomic mass is 35.5. The summed E-state index contributed by atoms with van der Waals surface area (Å²) in [6, 6.07) is 27.2. The molecule has 4 aromatic carbocycles. The first-order valence-electron chi connectivity index (χ1n) is 14.3. The van der Waals surface area contributed by atoms with Crippen molar-refractivity contribution < 1.29 is 22.7 Å². The van der Waals surface area contributed by atoms with Gasteiger partial charge in [0.1, 0.15) is 18.3 Å². The van der Waals surface area contributed by atoms with Gasteiger partial charge in [0.2, 0.25) is 11.8 Å². The zero-order valence-electron chi connectivity index (χ0n) is 25.2. The van der Waals surface area contributed by atoms with Crippen LogP contribution >= 0.6 is 23.2 Å². The van der Waals surface area contributed by atoms with E-state index in [0.717, 1.165) is 9.87 Å². The summed E-state index contributed by atoms with van der Waals surface area (Å²) in [5, 5.41) is 3.75. The first-order chi connectivity index (χ1) is 21.5. The molecule has 0 radical (unpaired) electrons. The van der Waals surface area contributed by atoms with E-state index in [1.807, 2.05) is 44.2 Å². The van der Waals surface area contributed by atoms with E-state index >= 15 is 0 Å². The van der Waals surface area contributed by atoms with E-state index < -0.39 is 28.5 Å². The molecular formula is C34H35Cl2N3O5S. The van der Waals surface area contributed by atoms with Crippen LogP contribution in [-0.2, 0) is 32.6 Å². The zero-order valence-corrected chi connectivity index (χ0v) is 27.5. The van der Waals surface area contributed by atoms with Crippen molar-refractivity contribution in [3.63, 3.8) is 0 Å². The summed E-state index contributed by atoms with van der Waals surface area (Å²) in [4.78, 5) is 29.6. The fourth-order valence-electron chi connectivity index (χ4n) is 4.76. The van der Waals surface area contributed by atoms with Gasteiger partial charge in [-0.3, -0.25) is 13.9 Å². The minimum Gasteiger partial charge on any atom is -0.497 e. The number of carbonyl (C=O) groups is 2. The average Bonchev–Trinajstić information content (AvgIpc) is 3.03. The molecule has 0 saturated carbocycles. The quantitative estimate of drug-likeness (QED) is 0.179. The molecule has 1 N–H and O–H groups in total. The van der Waals surface area contributed by atoms with Gasteiger partial charge in [-0.25, -0.2) is 8.42 Å². The van der Waals surface area contributed by atoms with Crippen molar-refractivity contribution in [2.24, 2.45) is 0 Å². The Kier molecular flexibility index (Phi) is 11.5. The summed E-state index contributed by atoms with van der Waals surface area (Å²) >= 11 is 12.7. The van der Waals surface area contributed by atoms with Crippen LogP contribution in [0.15, 0.2) is 108 Å². The van der Waals surface area contributed by atoms with Crippen LogP contribution in [-0.4, -0.2) is 50.9 Å². The van der Waals surface area contributed by atoms with Crippen LogP contribution in [0.5, 0.6) is 5.75 Å². The van der Waals surface area contributed by atoms with Crippen LogP contribution < -0.4 is 14.4 Å². The Bertz CT molecular complexity index is 1700. The van der Waals surface area contributed by atoms with E-state index in [1.165, 1.54) is 48.4 Å². The van der Waals surface area contributed by atoms with E-state index in [4.69, 9.17) is 27.9 Å². The fourth-order valence-corrected chi connectivity index (χ4v) is 6.49. The maximum absolute atomic E-state index is 14.5. The number of ether oxygens (including phenoxy) is 1. The molecule has 0 spiro atoms. The van der Waals surface area contributed by atoms with Crippen molar-refractivity contribution in [2.45, 2.75) is 43.8 Å². The fraction of sp³-hybridized carbons (Fsp3) is 0.235. The summed E-state index contributed by atoms with van der Waals surface area (Å²) in [7, 11) is -2.78. The van der Waals surface area contributed by atoms with E-state index in [1.54, 1.807) is 36.4 Å². The highest BCUT2D eigenvalue weighted by molar-refractivity contribution is 7.92. The average molecular weight is 669 g/mol. The number of amides is 2. The molecule has 0 aliphatic carbocycles. The lowest BCUT2D eigenvalue weighted by molar-refractivity contribution is -0.140. The third-order valence-corrected chi connectivity index (χ3v) is 9.45. The number of anilines is 1. The van der Waals surface area contributed by atoms with Crippen molar-refractivity contribution in [3.05, 3.63) is 124 Å². The van der Waals surface area contributed by atoms with Crippen LogP contribution in [0.2, 0.25) is 10.0 Å². The molecule has 4 aromatic rings. The maximum atomic E-state index is 14.5. The van der Waals surface area contributed by atoms with Crippen LogP contribution in [0.1, 0.15) is 25.0 Å². The molecule has 45 heavy (non-hydrogen) atoms. The Morgan fingerprint density at radius 3 is 2.07 bits per heavy atom. The molecule has 0 fully saturated rings. The van der Waals surface area contributed by atoms with Crippen molar-refractivity contribution in [1.29, 1.82) is 0 Å². The van der Waals surface area contributed by atoms with Gasteiger partial charge in [0, 0.05) is 29.1 Å². The first-order valence-corrected chi connectivity index (χ1v) is 16.5. The van der Waals surface area contributed by atoms with Crippen LogP contribution in [0.3, 0.4) is 0 Å². The number of rotatable bonds is 13. The summed E-state index contributed by atoms with van der Waals surface area (Å²) in [6.45, 7) is 3.04. The largest absolute Gasteiger partial charge is 0.497 e. The predicted octanol–water partition coefficient (Wildman–Crippen LogP) is 6.36. The summed E-state index contributed by atoms with van der Waals surface area (Å²) in [5.41, 5.74) is 1.67. The molecule has 8 nitrogen and oxygen atoms in total. The normalized spacial score (nSPS) is 12.0. The number of carbonyl (C=O) groups excluding carboxylic acids is 2. The van der Waals surface area contributed by atoms with Crippen LogP contribution in [0, 0.1) is 0 Å². The Balaban J connectivity index is 1.81. The van der Waals surface area contributed by atoms with Crippen molar-refractivity contribution in [1.82, 2.24) is 10.2 Å². The van der Waals surface area contributed by atoms with Gasteiger partial charge in [0.25, 0.3) is 10.0 Å². The van der Waals surface area contributed by atoms with Gasteiger partial charge in [-0.05, 0) is 79.6 Å². The molecule has 1 atom stereocenters. The molecule has 0 aromatic heterocycles. The summed E-state index contributed by atoms with van der Waals surface area (Å²) in [6.07, 6.45) is 0.196. The van der Waals surface area contributed by atoms with Gasteiger partial charge in [-0.15, -0.1) is 0 Å². The van der Waals surface area contributed by atoms with Gasteiger partial charge < -0.3 is 15.0 Å². The number of hydrogen-bond donors (Lipinski definition) is 1. The van der Waals surface area contributed by atoms with Crippen molar-refractivity contribution in [2.75, 3.05) is 18.0 Å². The molecule has 11 heteroatoms.